The summed E-state index contributed by atoms with van der Waals surface area (Å²) in [6.45, 7) is 11.2. The van der Waals surface area contributed by atoms with Crippen LogP contribution in [0.5, 0.6) is 5.75 Å². The van der Waals surface area contributed by atoms with Crippen LogP contribution in [0, 0.1) is 6.57 Å². The van der Waals surface area contributed by atoms with Gasteiger partial charge >= 0.3 is 17.8 Å². The van der Waals surface area contributed by atoms with Gasteiger partial charge in [0.1, 0.15) is 5.75 Å². The number of hydrogen-bond acceptors (Lipinski definition) is 5. The highest BCUT2D eigenvalue weighted by atomic mass is 16.5. The number of carbonyl (C=O) groups excluding carboxylic acids is 3. The van der Waals surface area contributed by atoms with Crippen molar-refractivity contribution in [3.63, 3.8) is 0 Å². The SMILES string of the molecule is [C-]#[N+]c1ccc(OCCCN2CCN(CCCC(=O)OCC)C(=O)C2=O)cc1. The van der Waals surface area contributed by atoms with Crippen molar-refractivity contribution in [1.29, 1.82) is 0 Å². The first kappa shape index (κ1) is 21.2. The standard InChI is InChI=1S/C20H25N3O5/c1-3-27-18(24)6-4-11-22-13-14-23(20(26)19(22)25)12-5-15-28-17-9-7-16(21-2)8-10-17/h7-10H,3-6,11-15H2,1H3. The van der Waals surface area contributed by atoms with Crippen LogP contribution in [0.1, 0.15) is 26.2 Å². The van der Waals surface area contributed by atoms with E-state index < -0.39 is 11.8 Å². The maximum Gasteiger partial charge on any atom is 0.312 e. The van der Waals surface area contributed by atoms with Crippen LogP contribution < -0.4 is 4.74 Å². The quantitative estimate of drug-likeness (QED) is 0.266. The van der Waals surface area contributed by atoms with E-state index in [9.17, 15) is 14.4 Å². The van der Waals surface area contributed by atoms with E-state index in [1.165, 1.54) is 9.80 Å². The Balaban J connectivity index is 1.67. The minimum atomic E-state index is -0.522. The third-order valence-corrected chi connectivity index (χ3v) is 4.32. The number of rotatable bonds is 10. The van der Waals surface area contributed by atoms with Gasteiger partial charge in [-0.2, -0.15) is 0 Å². The monoisotopic (exact) mass is 387 g/mol. The third kappa shape index (κ3) is 6.27. The van der Waals surface area contributed by atoms with E-state index in [1.807, 2.05) is 0 Å². The van der Waals surface area contributed by atoms with Crippen LogP contribution in [-0.2, 0) is 19.1 Å². The lowest BCUT2D eigenvalue weighted by atomic mass is 10.2. The van der Waals surface area contributed by atoms with Gasteiger partial charge in [0.25, 0.3) is 0 Å². The Hall–Kier alpha value is -3.08. The second-order valence-corrected chi connectivity index (χ2v) is 6.30. The van der Waals surface area contributed by atoms with Gasteiger partial charge in [0.05, 0.1) is 19.8 Å². The summed E-state index contributed by atoms with van der Waals surface area (Å²) in [5.41, 5.74) is 0.552. The van der Waals surface area contributed by atoms with Gasteiger partial charge in [-0.1, -0.05) is 12.1 Å². The lowest BCUT2D eigenvalue weighted by Gasteiger charge is -2.33. The molecule has 8 nitrogen and oxygen atoms in total. The van der Waals surface area contributed by atoms with Crippen LogP contribution >= 0.6 is 0 Å². The van der Waals surface area contributed by atoms with Gasteiger partial charge in [-0.15, -0.1) is 0 Å². The van der Waals surface area contributed by atoms with Crippen LogP contribution in [0.2, 0.25) is 0 Å². The molecule has 1 aromatic rings. The van der Waals surface area contributed by atoms with Crippen LogP contribution in [0.15, 0.2) is 24.3 Å². The van der Waals surface area contributed by atoms with Crippen LogP contribution in [-0.4, -0.2) is 67.0 Å². The van der Waals surface area contributed by atoms with Crippen LogP contribution in [0.4, 0.5) is 5.69 Å². The fourth-order valence-electron chi connectivity index (χ4n) is 2.85. The second kappa shape index (κ2) is 10.9. The Morgan fingerprint density at radius 1 is 1.07 bits per heavy atom. The van der Waals surface area contributed by atoms with Crippen molar-refractivity contribution in [2.75, 3.05) is 39.4 Å². The summed E-state index contributed by atoms with van der Waals surface area (Å²) in [6, 6.07) is 6.84. The Morgan fingerprint density at radius 2 is 1.68 bits per heavy atom. The van der Waals surface area contributed by atoms with Crippen molar-refractivity contribution in [3.8, 4) is 5.75 Å². The summed E-state index contributed by atoms with van der Waals surface area (Å²) < 4.78 is 10.4. The van der Waals surface area contributed by atoms with E-state index in [1.54, 1.807) is 31.2 Å². The Morgan fingerprint density at radius 3 is 2.25 bits per heavy atom. The minimum absolute atomic E-state index is 0.240. The molecule has 0 N–H and O–H groups in total. The zero-order valence-electron chi connectivity index (χ0n) is 16.1. The van der Waals surface area contributed by atoms with Crippen molar-refractivity contribution < 1.29 is 23.9 Å². The van der Waals surface area contributed by atoms with Gasteiger partial charge in [0.2, 0.25) is 0 Å². The molecule has 1 aliphatic rings. The highest BCUT2D eigenvalue weighted by molar-refractivity contribution is 6.35. The summed E-state index contributed by atoms with van der Waals surface area (Å²) in [5.74, 6) is -0.653. The summed E-state index contributed by atoms with van der Waals surface area (Å²) in [4.78, 5) is 42.1. The van der Waals surface area contributed by atoms with E-state index in [0.717, 1.165) is 0 Å². The largest absolute Gasteiger partial charge is 0.494 e. The Bertz CT molecular complexity index is 726. The molecule has 28 heavy (non-hydrogen) atoms. The van der Waals surface area contributed by atoms with E-state index in [0.29, 0.717) is 63.7 Å². The van der Waals surface area contributed by atoms with Crippen molar-refractivity contribution >= 4 is 23.5 Å². The number of benzene rings is 1. The molecule has 2 amide bonds. The maximum atomic E-state index is 12.2. The highest BCUT2D eigenvalue weighted by Gasteiger charge is 2.31. The van der Waals surface area contributed by atoms with Crippen molar-refractivity contribution in [2.24, 2.45) is 0 Å². The normalized spacial score (nSPS) is 14.0. The number of ether oxygens (including phenoxy) is 2. The van der Waals surface area contributed by atoms with Gasteiger partial charge in [-0.05, 0) is 31.9 Å². The fraction of sp³-hybridized carbons (Fsp3) is 0.500. The molecule has 2 rings (SSSR count). The molecule has 150 valence electrons. The van der Waals surface area contributed by atoms with Gasteiger partial charge in [0, 0.05) is 32.6 Å². The molecule has 1 heterocycles. The number of carbonyl (C=O) groups is 3. The average molecular weight is 387 g/mol. The molecule has 0 aromatic heterocycles. The Labute approximate surface area is 164 Å². The lowest BCUT2D eigenvalue weighted by molar-refractivity contribution is -0.156. The predicted molar refractivity (Wildman–Crippen MR) is 102 cm³/mol. The minimum Gasteiger partial charge on any atom is -0.494 e. The molecule has 0 unspecified atom stereocenters. The molecule has 1 aliphatic heterocycles. The average Bonchev–Trinajstić information content (AvgIpc) is 2.70. The Kier molecular flexibility index (Phi) is 8.28. The smallest absolute Gasteiger partial charge is 0.312 e. The van der Waals surface area contributed by atoms with E-state index >= 15 is 0 Å². The first-order valence-corrected chi connectivity index (χ1v) is 9.39. The van der Waals surface area contributed by atoms with Crippen LogP contribution in [0.3, 0.4) is 0 Å². The highest BCUT2D eigenvalue weighted by Crippen LogP contribution is 2.18. The molecule has 0 atom stereocenters. The number of hydrogen-bond donors (Lipinski definition) is 0. The zero-order chi connectivity index (χ0) is 20.4. The number of piperazine rings is 1. The van der Waals surface area contributed by atoms with E-state index in [-0.39, 0.29) is 12.4 Å². The van der Waals surface area contributed by atoms with Gasteiger partial charge in [-0.3, -0.25) is 14.4 Å². The molecule has 8 heteroatoms. The topological polar surface area (TPSA) is 80.5 Å². The molecule has 0 saturated carbocycles. The first-order chi connectivity index (χ1) is 13.5. The molecule has 0 aliphatic carbocycles. The van der Waals surface area contributed by atoms with Gasteiger partial charge in [0.15, 0.2) is 5.69 Å². The van der Waals surface area contributed by atoms with Crippen LogP contribution in [0.25, 0.3) is 4.85 Å². The predicted octanol–water partition coefficient (Wildman–Crippen LogP) is 2.02. The molecule has 1 aromatic carbocycles. The number of esters is 1. The molecular formula is C20H25N3O5. The summed E-state index contributed by atoms with van der Waals surface area (Å²) in [6.07, 6.45) is 1.33. The zero-order valence-corrected chi connectivity index (χ0v) is 16.1. The van der Waals surface area contributed by atoms with Crippen molar-refractivity contribution in [2.45, 2.75) is 26.2 Å². The number of amides is 2. The summed E-state index contributed by atoms with van der Waals surface area (Å²) >= 11 is 0. The molecular weight excluding hydrogens is 362 g/mol. The molecule has 0 bridgehead atoms. The second-order valence-electron chi connectivity index (χ2n) is 6.30. The van der Waals surface area contributed by atoms with E-state index in [2.05, 4.69) is 4.85 Å². The lowest BCUT2D eigenvalue weighted by Crippen LogP contribution is -2.54. The molecule has 1 fully saturated rings. The first-order valence-electron chi connectivity index (χ1n) is 9.39. The maximum absolute atomic E-state index is 12.2. The summed E-state index contributed by atoms with van der Waals surface area (Å²) in [5, 5.41) is 0. The van der Waals surface area contributed by atoms with Crippen molar-refractivity contribution in [3.05, 3.63) is 35.7 Å². The third-order valence-electron chi connectivity index (χ3n) is 4.32. The van der Waals surface area contributed by atoms with Gasteiger partial charge < -0.3 is 19.3 Å². The molecule has 1 saturated heterocycles. The molecule has 0 radical (unpaired) electrons. The van der Waals surface area contributed by atoms with Gasteiger partial charge in [-0.25, -0.2) is 4.85 Å². The summed E-state index contributed by atoms with van der Waals surface area (Å²) in [7, 11) is 0. The van der Waals surface area contributed by atoms with E-state index in [4.69, 9.17) is 16.0 Å². The molecule has 0 spiro atoms. The fourth-order valence-corrected chi connectivity index (χ4v) is 2.85. The number of nitrogens with zero attached hydrogens (tertiary/aromatic N) is 3. The van der Waals surface area contributed by atoms with Crippen molar-refractivity contribution in [1.82, 2.24) is 9.80 Å².